The molecule has 0 aliphatic rings. The van der Waals surface area contributed by atoms with Crippen LogP contribution >= 0.6 is 22.3 Å². The van der Waals surface area contributed by atoms with Crippen molar-refractivity contribution in [2.24, 2.45) is 0 Å². The van der Waals surface area contributed by atoms with Crippen LogP contribution in [0.2, 0.25) is 5.02 Å². The summed E-state index contributed by atoms with van der Waals surface area (Å²) in [6, 6.07) is 2.09. The molecule has 1 rings (SSSR count). The third kappa shape index (κ3) is 3.03. The fourth-order valence-corrected chi connectivity index (χ4v) is 2.59. The molecule has 0 N–H and O–H groups in total. The molecule has 0 amide bonds. The average molecular weight is 304 g/mol. The maximum absolute atomic E-state index is 12.5. The monoisotopic (exact) mass is 303 g/mol. The summed E-state index contributed by atoms with van der Waals surface area (Å²) in [5.74, 6) is 0. The number of rotatable bonds is 1. The fraction of sp³-hybridized carbons (Fsp3) is 0.125. The highest BCUT2D eigenvalue weighted by molar-refractivity contribution is 8.13. The molecule has 0 aliphatic carbocycles. The minimum absolute atomic E-state index is 0.357. The maximum Gasteiger partial charge on any atom is 0.417 e. The van der Waals surface area contributed by atoms with Gasteiger partial charge in [0.05, 0.1) is 22.2 Å². The lowest BCUT2D eigenvalue weighted by atomic mass is 10.1. The number of alkyl halides is 3. The predicted octanol–water partition coefficient (Wildman–Crippen LogP) is 3.16. The van der Waals surface area contributed by atoms with E-state index in [1.54, 1.807) is 0 Å². The van der Waals surface area contributed by atoms with Crippen molar-refractivity contribution in [1.29, 1.82) is 5.26 Å². The Morgan fingerprint density at radius 1 is 1.29 bits per heavy atom. The summed E-state index contributed by atoms with van der Waals surface area (Å²) in [5.41, 5.74) is -2.17. The molecular formula is C8H2Cl2F3NO2S. The van der Waals surface area contributed by atoms with E-state index in [4.69, 9.17) is 27.5 Å². The van der Waals surface area contributed by atoms with Gasteiger partial charge in [0, 0.05) is 10.7 Å². The number of nitrogens with zero attached hydrogens (tertiary/aromatic N) is 1. The van der Waals surface area contributed by atoms with Crippen molar-refractivity contribution < 1.29 is 21.6 Å². The maximum atomic E-state index is 12.5. The van der Waals surface area contributed by atoms with Crippen LogP contribution in [0.4, 0.5) is 13.2 Å². The van der Waals surface area contributed by atoms with Crippen molar-refractivity contribution in [3.63, 3.8) is 0 Å². The topological polar surface area (TPSA) is 57.9 Å². The zero-order valence-electron chi connectivity index (χ0n) is 7.72. The van der Waals surface area contributed by atoms with Gasteiger partial charge in [-0.3, -0.25) is 0 Å². The first-order valence-corrected chi connectivity index (χ1v) is 6.51. The van der Waals surface area contributed by atoms with E-state index in [9.17, 15) is 21.6 Å². The highest BCUT2D eigenvalue weighted by atomic mass is 35.7. The minimum Gasteiger partial charge on any atom is -0.207 e. The van der Waals surface area contributed by atoms with Gasteiger partial charge in [0.2, 0.25) is 0 Å². The molecule has 0 spiro atoms. The summed E-state index contributed by atoms with van der Waals surface area (Å²) in [4.78, 5) is -0.731. The van der Waals surface area contributed by atoms with Crippen LogP contribution in [-0.4, -0.2) is 8.42 Å². The zero-order chi connectivity index (χ0) is 13.4. The van der Waals surface area contributed by atoms with Crippen LogP contribution in [0.1, 0.15) is 11.1 Å². The van der Waals surface area contributed by atoms with E-state index < -0.39 is 36.3 Å². The van der Waals surface area contributed by atoms with Gasteiger partial charge in [-0.15, -0.1) is 0 Å². The van der Waals surface area contributed by atoms with Crippen LogP contribution in [0.15, 0.2) is 17.0 Å². The molecule has 0 atom stereocenters. The molecule has 0 bridgehead atoms. The molecule has 0 radical (unpaired) electrons. The van der Waals surface area contributed by atoms with Gasteiger partial charge in [-0.05, 0) is 12.1 Å². The zero-order valence-corrected chi connectivity index (χ0v) is 10.0. The second kappa shape index (κ2) is 4.37. The number of hydrogen-bond acceptors (Lipinski definition) is 3. The van der Waals surface area contributed by atoms with Crippen LogP contribution in [0, 0.1) is 11.3 Å². The van der Waals surface area contributed by atoms with Crippen molar-refractivity contribution in [3.05, 3.63) is 28.3 Å². The van der Waals surface area contributed by atoms with Crippen molar-refractivity contribution in [2.75, 3.05) is 0 Å². The Balaban J connectivity index is 3.65. The molecule has 0 saturated heterocycles. The predicted molar refractivity (Wildman–Crippen MR) is 54.2 cm³/mol. The highest BCUT2D eigenvalue weighted by Gasteiger charge is 2.35. The summed E-state index contributed by atoms with van der Waals surface area (Å²) in [6.07, 6.45) is -4.80. The van der Waals surface area contributed by atoms with E-state index in [1.165, 1.54) is 6.07 Å². The summed E-state index contributed by atoms with van der Waals surface area (Å²) < 4.78 is 59.3. The van der Waals surface area contributed by atoms with Gasteiger partial charge < -0.3 is 0 Å². The normalized spacial score (nSPS) is 12.2. The van der Waals surface area contributed by atoms with E-state index >= 15 is 0 Å². The van der Waals surface area contributed by atoms with Crippen molar-refractivity contribution in [3.8, 4) is 6.07 Å². The first-order valence-electron chi connectivity index (χ1n) is 3.83. The van der Waals surface area contributed by atoms with Crippen LogP contribution < -0.4 is 0 Å². The molecule has 0 saturated carbocycles. The van der Waals surface area contributed by atoms with E-state index in [-0.39, 0.29) is 0 Å². The smallest absolute Gasteiger partial charge is 0.207 e. The standard InChI is InChI=1S/C8H2Cl2F3NO2S/c9-6-2-5(8(11,12)13)4(3-14)1-7(6)17(10,15)16/h1-2H. The lowest BCUT2D eigenvalue weighted by Crippen LogP contribution is -2.09. The average Bonchev–Trinajstić information content (AvgIpc) is 2.14. The van der Waals surface area contributed by atoms with Gasteiger partial charge in [-0.1, -0.05) is 11.6 Å². The molecule has 17 heavy (non-hydrogen) atoms. The van der Waals surface area contributed by atoms with Gasteiger partial charge in [0.25, 0.3) is 9.05 Å². The SMILES string of the molecule is N#Cc1cc(S(=O)(=O)Cl)c(Cl)cc1C(F)(F)F. The lowest BCUT2D eigenvalue weighted by molar-refractivity contribution is -0.137. The van der Waals surface area contributed by atoms with Crippen LogP contribution in [-0.2, 0) is 15.2 Å². The molecule has 0 fully saturated rings. The molecule has 92 valence electrons. The van der Waals surface area contributed by atoms with E-state index in [0.29, 0.717) is 12.1 Å². The quantitative estimate of drug-likeness (QED) is 0.749. The summed E-state index contributed by atoms with van der Waals surface area (Å²) in [6.45, 7) is 0. The van der Waals surface area contributed by atoms with E-state index in [0.717, 1.165) is 0 Å². The van der Waals surface area contributed by atoms with Crippen molar-refractivity contribution >= 4 is 31.3 Å². The first-order chi connectivity index (χ1) is 7.57. The number of benzene rings is 1. The third-order valence-corrected chi connectivity index (χ3v) is 3.55. The largest absolute Gasteiger partial charge is 0.417 e. The summed E-state index contributed by atoms with van der Waals surface area (Å²) in [7, 11) is 0.650. The molecule has 0 aliphatic heterocycles. The Morgan fingerprint density at radius 3 is 2.18 bits per heavy atom. The van der Waals surface area contributed by atoms with Gasteiger partial charge in [0.1, 0.15) is 4.90 Å². The fourth-order valence-electron chi connectivity index (χ4n) is 1.07. The van der Waals surface area contributed by atoms with E-state index in [2.05, 4.69) is 0 Å². The van der Waals surface area contributed by atoms with Gasteiger partial charge in [-0.25, -0.2) is 8.42 Å². The van der Waals surface area contributed by atoms with Crippen molar-refractivity contribution in [2.45, 2.75) is 11.1 Å². The lowest BCUT2D eigenvalue weighted by Gasteiger charge is -2.10. The highest BCUT2D eigenvalue weighted by Crippen LogP contribution is 2.36. The number of halogens is 5. The Morgan fingerprint density at radius 2 is 1.82 bits per heavy atom. The molecule has 0 heterocycles. The third-order valence-electron chi connectivity index (χ3n) is 1.76. The summed E-state index contributed by atoms with van der Waals surface area (Å²) >= 11 is 5.38. The van der Waals surface area contributed by atoms with Crippen LogP contribution in [0.25, 0.3) is 0 Å². The second-order valence-electron chi connectivity index (χ2n) is 2.88. The Kier molecular flexibility index (Phi) is 3.62. The molecule has 0 aromatic heterocycles. The minimum atomic E-state index is -4.80. The van der Waals surface area contributed by atoms with Gasteiger partial charge in [-0.2, -0.15) is 18.4 Å². The summed E-state index contributed by atoms with van der Waals surface area (Å²) in [5, 5.41) is 7.84. The molecule has 3 nitrogen and oxygen atoms in total. The Bertz CT molecular complexity index is 604. The molecule has 0 unspecified atom stereocenters. The van der Waals surface area contributed by atoms with Gasteiger partial charge >= 0.3 is 6.18 Å². The number of nitriles is 1. The van der Waals surface area contributed by atoms with Gasteiger partial charge in [0.15, 0.2) is 0 Å². The molecular weight excluding hydrogens is 302 g/mol. The molecule has 1 aromatic rings. The first kappa shape index (κ1) is 14.1. The number of hydrogen-bond donors (Lipinski definition) is 0. The van der Waals surface area contributed by atoms with Crippen LogP contribution in [0.3, 0.4) is 0 Å². The van der Waals surface area contributed by atoms with E-state index in [1.807, 2.05) is 0 Å². The molecule has 1 aromatic carbocycles. The van der Waals surface area contributed by atoms with Crippen LogP contribution in [0.5, 0.6) is 0 Å². The van der Waals surface area contributed by atoms with Crippen molar-refractivity contribution in [1.82, 2.24) is 0 Å². The Hall–Kier alpha value is -0.970. The second-order valence-corrected chi connectivity index (χ2v) is 5.82. The molecule has 9 heteroatoms. The Labute approximate surface area is 104 Å².